The van der Waals surface area contributed by atoms with E-state index in [0.717, 1.165) is 4.90 Å². The Bertz CT molecular complexity index is 1100. The lowest BCUT2D eigenvalue weighted by Gasteiger charge is -2.16. The maximum atomic E-state index is 13.3. The third kappa shape index (κ3) is 3.95. The molecule has 0 aliphatic carbocycles. The Morgan fingerprint density at radius 2 is 1.47 bits per heavy atom. The van der Waals surface area contributed by atoms with Gasteiger partial charge in [-0.05, 0) is 43.3 Å². The molecular weight excluding hydrogens is 396 g/mol. The van der Waals surface area contributed by atoms with E-state index in [2.05, 4.69) is 5.32 Å². The van der Waals surface area contributed by atoms with Crippen molar-refractivity contribution in [2.75, 3.05) is 16.8 Å². The van der Waals surface area contributed by atoms with E-state index in [-0.39, 0.29) is 11.6 Å². The van der Waals surface area contributed by atoms with Gasteiger partial charge in [0.25, 0.3) is 11.8 Å². The van der Waals surface area contributed by atoms with Gasteiger partial charge in [-0.1, -0.05) is 60.3 Å². The number of benzene rings is 3. The van der Waals surface area contributed by atoms with E-state index in [1.54, 1.807) is 24.3 Å². The first-order valence-corrected chi connectivity index (χ1v) is 10.4. The molecule has 0 bridgehead atoms. The maximum Gasteiger partial charge on any atom is 0.283 e. The topological polar surface area (TPSA) is 58.6 Å². The van der Waals surface area contributed by atoms with Gasteiger partial charge in [0.2, 0.25) is 0 Å². The SMILES string of the molecule is CCOc1ccccc1NC1=C(Sc2ccccc2)C(=O)N(c2ccccc2)C1=O. The Hall–Kier alpha value is -3.51. The highest BCUT2D eigenvalue weighted by molar-refractivity contribution is 8.04. The number of imide groups is 1. The maximum absolute atomic E-state index is 13.3. The van der Waals surface area contributed by atoms with Crippen molar-refractivity contribution in [3.8, 4) is 5.75 Å². The Balaban J connectivity index is 1.75. The van der Waals surface area contributed by atoms with Gasteiger partial charge in [0, 0.05) is 4.90 Å². The van der Waals surface area contributed by atoms with Crippen LogP contribution >= 0.6 is 11.8 Å². The summed E-state index contributed by atoms with van der Waals surface area (Å²) in [6.07, 6.45) is 0. The summed E-state index contributed by atoms with van der Waals surface area (Å²) in [5.41, 5.74) is 1.41. The van der Waals surface area contributed by atoms with Crippen molar-refractivity contribution >= 4 is 35.0 Å². The zero-order valence-electron chi connectivity index (χ0n) is 16.4. The van der Waals surface area contributed by atoms with Crippen molar-refractivity contribution in [2.45, 2.75) is 11.8 Å². The van der Waals surface area contributed by atoms with Crippen LogP contribution in [0.4, 0.5) is 11.4 Å². The zero-order valence-corrected chi connectivity index (χ0v) is 17.2. The Labute approximate surface area is 179 Å². The number of thioether (sulfide) groups is 1. The Morgan fingerprint density at radius 1 is 0.833 bits per heavy atom. The van der Waals surface area contributed by atoms with Crippen molar-refractivity contribution < 1.29 is 14.3 Å². The minimum Gasteiger partial charge on any atom is -0.492 e. The van der Waals surface area contributed by atoms with Crippen LogP contribution in [0, 0.1) is 0 Å². The number of nitrogens with one attached hydrogen (secondary N) is 1. The molecule has 0 unspecified atom stereocenters. The predicted octanol–water partition coefficient (Wildman–Crippen LogP) is 5.07. The van der Waals surface area contributed by atoms with Crippen LogP contribution in [0.2, 0.25) is 0 Å². The average molecular weight is 417 g/mol. The molecule has 30 heavy (non-hydrogen) atoms. The molecule has 0 fully saturated rings. The monoisotopic (exact) mass is 416 g/mol. The van der Waals surface area contributed by atoms with Crippen LogP contribution in [0.1, 0.15) is 6.92 Å². The van der Waals surface area contributed by atoms with Crippen molar-refractivity contribution in [1.82, 2.24) is 0 Å². The third-order valence-electron chi connectivity index (χ3n) is 4.47. The van der Waals surface area contributed by atoms with Crippen LogP contribution in [0.15, 0.2) is 100 Å². The fourth-order valence-electron chi connectivity index (χ4n) is 3.12. The molecule has 3 aromatic rings. The molecule has 0 saturated carbocycles. The van der Waals surface area contributed by atoms with Crippen molar-refractivity contribution in [1.29, 1.82) is 0 Å². The molecule has 1 N–H and O–H groups in total. The molecule has 1 heterocycles. The summed E-state index contributed by atoms with van der Waals surface area (Å²) in [5.74, 6) is -0.123. The van der Waals surface area contributed by atoms with Crippen LogP contribution < -0.4 is 15.0 Å². The lowest BCUT2D eigenvalue weighted by molar-refractivity contribution is -0.120. The number of rotatable bonds is 7. The minimum atomic E-state index is -0.393. The van der Waals surface area contributed by atoms with E-state index in [9.17, 15) is 9.59 Å². The normalized spacial score (nSPS) is 13.7. The zero-order chi connectivity index (χ0) is 20.9. The second-order valence-electron chi connectivity index (χ2n) is 6.45. The van der Waals surface area contributed by atoms with Gasteiger partial charge in [0.15, 0.2) is 0 Å². The first-order chi connectivity index (χ1) is 14.7. The number of para-hydroxylation sites is 3. The molecule has 4 rings (SSSR count). The molecule has 5 nitrogen and oxygen atoms in total. The average Bonchev–Trinajstić information content (AvgIpc) is 3.00. The molecule has 0 aromatic heterocycles. The number of anilines is 2. The minimum absolute atomic E-state index is 0.241. The van der Waals surface area contributed by atoms with E-state index in [0.29, 0.717) is 28.6 Å². The molecule has 0 radical (unpaired) electrons. The highest BCUT2D eigenvalue weighted by Gasteiger charge is 2.40. The number of carbonyl (C=O) groups is 2. The first-order valence-electron chi connectivity index (χ1n) is 9.59. The summed E-state index contributed by atoms with van der Waals surface area (Å²) in [4.78, 5) is 29.0. The van der Waals surface area contributed by atoms with Crippen molar-refractivity contribution in [2.24, 2.45) is 0 Å². The lowest BCUT2D eigenvalue weighted by Crippen LogP contribution is -2.32. The van der Waals surface area contributed by atoms with E-state index in [4.69, 9.17) is 4.74 Å². The number of hydrogen-bond acceptors (Lipinski definition) is 5. The molecule has 3 aromatic carbocycles. The van der Waals surface area contributed by atoms with Crippen LogP contribution in [-0.2, 0) is 9.59 Å². The summed E-state index contributed by atoms with van der Waals surface area (Å²) in [7, 11) is 0. The highest BCUT2D eigenvalue weighted by atomic mass is 32.2. The van der Waals surface area contributed by atoms with Crippen LogP contribution in [0.25, 0.3) is 0 Å². The fraction of sp³-hybridized carbons (Fsp3) is 0.0833. The van der Waals surface area contributed by atoms with Gasteiger partial charge in [0.1, 0.15) is 16.4 Å². The lowest BCUT2D eigenvalue weighted by atomic mass is 10.2. The molecule has 2 amide bonds. The van der Waals surface area contributed by atoms with Gasteiger partial charge >= 0.3 is 0 Å². The van der Waals surface area contributed by atoms with E-state index in [1.165, 1.54) is 16.7 Å². The van der Waals surface area contributed by atoms with Gasteiger partial charge in [-0.2, -0.15) is 0 Å². The van der Waals surface area contributed by atoms with Gasteiger partial charge in [-0.25, -0.2) is 4.90 Å². The van der Waals surface area contributed by atoms with E-state index in [1.807, 2.05) is 67.6 Å². The molecule has 1 aliphatic heterocycles. The second-order valence-corrected chi connectivity index (χ2v) is 7.54. The first kappa shape index (κ1) is 19.8. The van der Waals surface area contributed by atoms with Gasteiger partial charge < -0.3 is 10.1 Å². The molecule has 1 aliphatic rings. The number of carbonyl (C=O) groups excluding carboxylic acids is 2. The molecule has 150 valence electrons. The molecule has 0 spiro atoms. The Kier molecular flexibility index (Phi) is 5.86. The molecular formula is C24H20N2O3S. The molecule has 0 atom stereocenters. The smallest absolute Gasteiger partial charge is 0.283 e. The summed E-state index contributed by atoms with van der Waals surface area (Å²) < 4.78 is 5.67. The molecule has 0 saturated heterocycles. The van der Waals surface area contributed by atoms with Crippen LogP contribution in [-0.4, -0.2) is 18.4 Å². The summed E-state index contributed by atoms with van der Waals surface area (Å²) >= 11 is 1.27. The van der Waals surface area contributed by atoms with Crippen molar-refractivity contribution in [3.05, 3.63) is 95.5 Å². The van der Waals surface area contributed by atoms with Gasteiger partial charge in [-0.15, -0.1) is 0 Å². The summed E-state index contributed by atoms with van der Waals surface area (Å²) in [5, 5.41) is 3.17. The van der Waals surface area contributed by atoms with E-state index < -0.39 is 5.91 Å². The largest absolute Gasteiger partial charge is 0.492 e. The number of amides is 2. The third-order valence-corrected chi connectivity index (χ3v) is 5.56. The summed E-state index contributed by atoms with van der Waals surface area (Å²) in [6.45, 7) is 2.39. The summed E-state index contributed by atoms with van der Waals surface area (Å²) in [6, 6.07) is 25.8. The van der Waals surface area contributed by atoms with Crippen molar-refractivity contribution in [3.63, 3.8) is 0 Å². The molecule has 6 heteroatoms. The van der Waals surface area contributed by atoms with Gasteiger partial charge in [0.05, 0.1) is 18.0 Å². The number of hydrogen-bond donors (Lipinski definition) is 1. The Morgan fingerprint density at radius 3 is 2.17 bits per heavy atom. The van der Waals surface area contributed by atoms with E-state index >= 15 is 0 Å². The van der Waals surface area contributed by atoms with Gasteiger partial charge in [-0.3, -0.25) is 9.59 Å². The predicted molar refractivity (Wildman–Crippen MR) is 119 cm³/mol. The quantitative estimate of drug-likeness (QED) is 0.545. The second kappa shape index (κ2) is 8.88. The fourth-order valence-corrected chi connectivity index (χ4v) is 4.07. The van der Waals surface area contributed by atoms with Crippen LogP contribution in [0.5, 0.6) is 5.75 Å². The number of ether oxygens (including phenoxy) is 1. The van der Waals surface area contributed by atoms with Crippen LogP contribution in [0.3, 0.4) is 0 Å². The highest BCUT2D eigenvalue weighted by Crippen LogP contribution is 2.38. The standard InChI is InChI=1S/C24H20N2O3S/c1-2-29-20-16-10-9-15-19(20)25-21-22(30-18-13-7-4-8-14-18)24(28)26(23(21)27)17-11-5-3-6-12-17/h3-16,25H,2H2,1H3. The number of nitrogens with zero attached hydrogens (tertiary/aromatic N) is 1.